The van der Waals surface area contributed by atoms with Crippen molar-refractivity contribution in [2.45, 2.75) is 25.9 Å². The summed E-state index contributed by atoms with van der Waals surface area (Å²) in [5, 5.41) is 3.17. The third-order valence-corrected chi connectivity index (χ3v) is 3.44. The highest BCUT2D eigenvalue weighted by Crippen LogP contribution is 2.17. The van der Waals surface area contributed by atoms with Crippen LogP contribution in [0.3, 0.4) is 0 Å². The van der Waals surface area contributed by atoms with E-state index < -0.39 is 0 Å². The fraction of sp³-hybridized carbons (Fsp3) is 0.714. The molecule has 4 heteroatoms. The molecule has 1 N–H and O–H groups in total. The molecule has 0 saturated carbocycles. The quantitative estimate of drug-likeness (QED) is 0.838. The van der Waals surface area contributed by atoms with Crippen molar-refractivity contribution in [2.75, 3.05) is 33.9 Å². The fourth-order valence-electron chi connectivity index (χ4n) is 2.56. The molecule has 1 aromatic rings. The van der Waals surface area contributed by atoms with E-state index in [0.29, 0.717) is 5.92 Å². The Morgan fingerprint density at radius 3 is 3.11 bits per heavy atom. The Bertz CT molecular complexity index is 345. The van der Waals surface area contributed by atoms with Gasteiger partial charge in [0.1, 0.15) is 5.76 Å². The van der Waals surface area contributed by atoms with Crippen molar-refractivity contribution in [3.8, 4) is 0 Å². The van der Waals surface area contributed by atoms with E-state index in [2.05, 4.69) is 17.3 Å². The van der Waals surface area contributed by atoms with Crippen LogP contribution in [0.1, 0.15) is 24.2 Å². The Balaban J connectivity index is 1.82. The van der Waals surface area contributed by atoms with Gasteiger partial charge < -0.3 is 14.5 Å². The zero-order chi connectivity index (χ0) is 12.8. The summed E-state index contributed by atoms with van der Waals surface area (Å²) in [6.07, 6.45) is 4.26. The molecule has 1 saturated heterocycles. The normalized spacial score (nSPS) is 20.5. The Morgan fingerprint density at radius 1 is 1.50 bits per heavy atom. The fourth-order valence-corrected chi connectivity index (χ4v) is 2.56. The third kappa shape index (κ3) is 3.83. The maximum absolute atomic E-state index is 5.56. The summed E-state index contributed by atoms with van der Waals surface area (Å²) < 4.78 is 11.1. The molecule has 1 fully saturated rings. The lowest BCUT2D eigenvalue weighted by Crippen LogP contribution is -2.30. The van der Waals surface area contributed by atoms with Crippen LogP contribution >= 0.6 is 0 Å². The molecule has 0 aromatic carbocycles. The molecule has 1 aromatic heterocycles. The van der Waals surface area contributed by atoms with Crippen LogP contribution in [0, 0.1) is 5.92 Å². The van der Waals surface area contributed by atoms with Crippen molar-refractivity contribution in [1.29, 1.82) is 0 Å². The van der Waals surface area contributed by atoms with Gasteiger partial charge in [0.2, 0.25) is 0 Å². The standard InChI is InChI=1S/C14H24N2O2/c1-15-8-13-5-7-18-14(13)10-16(2)9-12-4-3-6-17-11-12/h5,7,12,15H,3-4,6,8-11H2,1-2H3. The molecular weight excluding hydrogens is 228 g/mol. The van der Waals surface area contributed by atoms with Gasteiger partial charge in [-0.3, -0.25) is 4.90 Å². The Labute approximate surface area is 109 Å². The molecule has 0 aliphatic carbocycles. The lowest BCUT2D eigenvalue weighted by molar-refractivity contribution is 0.0403. The Hall–Kier alpha value is -0.840. The molecule has 1 aliphatic heterocycles. The summed E-state index contributed by atoms with van der Waals surface area (Å²) >= 11 is 0. The summed E-state index contributed by atoms with van der Waals surface area (Å²) in [6.45, 7) is 4.67. The van der Waals surface area contributed by atoms with Crippen LogP contribution < -0.4 is 5.32 Å². The minimum absolute atomic E-state index is 0.673. The van der Waals surface area contributed by atoms with Crippen LogP contribution in [0.15, 0.2) is 16.7 Å². The van der Waals surface area contributed by atoms with E-state index in [9.17, 15) is 0 Å². The molecule has 0 bridgehead atoms. The smallest absolute Gasteiger partial charge is 0.122 e. The third-order valence-electron chi connectivity index (χ3n) is 3.44. The first-order valence-corrected chi connectivity index (χ1v) is 6.75. The van der Waals surface area contributed by atoms with Crippen molar-refractivity contribution in [2.24, 2.45) is 5.92 Å². The van der Waals surface area contributed by atoms with Gasteiger partial charge in [-0.25, -0.2) is 0 Å². The van der Waals surface area contributed by atoms with Crippen LogP contribution in [-0.2, 0) is 17.8 Å². The van der Waals surface area contributed by atoms with Crippen molar-refractivity contribution in [3.05, 3.63) is 23.7 Å². The Morgan fingerprint density at radius 2 is 2.39 bits per heavy atom. The number of nitrogens with one attached hydrogen (secondary N) is 1. The lowest BCUT2D eigenvalue weighted by Gasteiger charge is -2.26. The topological polar surface area (TPSA) is 37.6 Å². The molecule has 1 aliphatic rings. The van der Waals surface area contributed by atoms with E-state index in [1.54, 1.807) is 6.26 Å². The minimum Gasteiger partial charge on any atom is -0.468 e. The monoisotopic (exact) mass is 252 g/mol. The van der Waals surface area contributed by atoms with Crippen LogP contribution in [0.2, 0.25) is 0 Å². The van der Waals surface area contributed by atoms with Crippen molar-refractivity contribution >= 4 is 0 Å². The van der Waals surface area contributed by atoms with E-state index >= 15 is 0 Å². The first-order chi connectivity index (χ1) is 8.79. The van der Waals surface area contributed by atoms with Gasteiger partial charge in [0.25, 0.3) is 0 Å². The summed E-state index contributed by atoms with van der Waals surface area (Å²) in [5.41, 5.74) is 1.25. The number of ether oxygens (including phenoxy) is 1. The van der Waals surface area contributed by atoms with Gasteiger partial charge in [-0.05, 0) is 38.9 Å². The van der Waals surface area contributed by atoms with Crippen LogP contribution in [0.25, 0.3) is 0 Å². The highest BCUT2D eigenvalue weighted by Gasteiger charge is 2.17. The van der Waals surface area contributed by atoms with E-state index in [1.807, 2.05) is 13.1 Å². The largest absolute Gasteiger partial charge is 0.468 e. The predicted molar refractivity (Wildman–Crippen MR) is 71.3 cm³/mol. The molecule has 0 amide bonds. The molecule has 4 nitrogen and oxygen atoms in total. The zero-order valence-electron chi connectivity index (χ0n) is 11.4. The highest BCUT2D eigenvalue weighted by atomic mass is 16.5. The van der Waals surface area contributed by atoms with Crippen LogP contribution in [0.5, 0.6) is 0 Å². The number of nitrogens with zero attached hydrogens (tertiary/aromatic N) is 1. The lowest BCUT2D eigenvalue weighted by atomic mass is 10.0. The first kappa shape index (κ1) is 13.6. The zero-order valence-corrected chi connectivity index (χ0v) is 11.4. The van der Waals surface area contributed by atoms with Crippen molar-refractivity contribution < 1.29 is 9.15 Å². The maximum atomic E-state index is 5.56. The summed E-state index contributed by atoms with van der Waals surface area (Å²) in [4.78, 5) is 2.33. The van der Waals surface area contributed by atoms with E-state index in [0.717, 1.165) is 38.6 Å². The summed E-state index contributed by atoms with van der Waals surface area (Å²) in [5.74, 6) is 1.75. The molecule has 1 unspecified atom stereocenters. The second-order valence-corrected chi connectivity index (χ2v) is 5.18. The van der Waals surface area contributed by atoms with Crippen LogP contribution in [-0.4, -0.2) is 38.8 Å². The van der Waals surface area contributed by atoms with Gasteiger partial charge in [-0.15, -0.1) is 0 Å². The Kier molecular flexibility index (Phi) is 5.23. The van der Waals surface area contributed by atoms with Gasteiger partial charge in [-0.2, -0.15) is 0 Å². The van der Waals surface area contributed by atoms with Crippen molar-refractivity contribution in [1.82, 2.24) is 10.2 Å². The van der Waals surface area contributed by atoms with Gasteiger partial charge in [0, 0.05) is 25.3 Å². The van der Waals surface area contributed by atoms with Crippen LogP contribution in [0.4, 0.5) is 0 Å². The van der Waals surface area contributed by atoms with E-state index in [4.69, 9.17) is 9.15 Å². The minimum atomic E-state index is 0.673. The number of furan rings is 1. The second kappa shape index (κ2) is 6.92. The molecule has 18 heavy (non-hydrogen) atoms. The predicted octanol–water partition coefficient (Wildman–Crippen LogP) is 1.86. The molecule has 1 atom stereocenters. The number of hydrogen-bond donors (Lipinski definition) is 1. The molecule has 0 radical (unpaired) electrons. The average molecular weight is 252 g/mol. The van der Waals surface area contributed by atoms with Gasteiger partial charge in [0.15, 0.2) is 0 Å². The van der Waals surface area contributed by atoms with Gasteiger partial charge >= 0.3 is 0 Å². The molecule has 2 heterocycles. The average Bonchev–Trinajstić information content (AvgIpc) is 2.78. The van der Waals surface area contributed by atoms with Gasteiger partial charge in [0.05, 0.1) is 19.4 Å². The first-order valence-electron chi connectivity index (χ1n) is 6.75. The van der Waals surface area contributed by atoms with E-state index in [1.165, 1.54) is 18.4 Å². The number of rotatable bonds is 6. The molecule has 102 valence electrons. The van der Waals surface area contributed by atoms with Gasteiger partial charge in [-0.1, -0.05) is 0 Å². The summed E-state index contributed by atoms with van der Waals surface area (Å²) in [6, 6.07) is 2.05. The molecule has 2 rings (SSSR count). The SMILES string of the molecule is CNCc1ccoc1CN(C)CC1CCCOC1. The van der Waals surface area contributed by atoms with Crippen molar-refractivity contribution in [3.63, 3.8) is 0 Å². The highest BCUT2D eigenvalue weighted by molar-refractivity contribution is 5.16. The van der Waals surface area contributed by atoms with E-state index in [-0.39, 0.29) is 0 Å². The maximum Gasteiger partial charge on any atom is 0.122 e. The molecular formula is C14H24N2O2. The molecule has 0 spiro atoms. The number of hydrogen-bond acceptors (Lipinski definition) is 4. The summed E-state index contributed by atoms with van der Waals surface area (Å²) in [7, 11) is 4.11. The second-order valence-electron chi connectivity index (χ2n) is 5.18.